The van der Waals surface area contributed by atoms with E-state index in [1.165, 1.54) is 58.1 Å². The Morgan fingerprint density at radius 2 is 1.34 bits per heavy atom. The average molecular weight is 823 g/mol. The van der Waals surface area contributed by atoms with Crippen LogP contribution in [-0.4, -0.2) is 56.1 Å². The van der Waals surface area contributed by atoms with Gasteiger partial charge in [0.25, 0.3) is 20.2 Å². The maximum atomic E-state index is 11.2. The highest BCUT2D eigenvalue weighted by atomic mass is 32.2. The lowest BCUT2D eigenvalue weighted by atomic mass is 10.1. The van der Waals surface area contributed by atoms with Gasteiger partial charge in [-0.15, -0.1) is 0 Å². The number of methoxy groups -OCH3 is 1. The van der Waals surface area contributed by atoms with E-state index >= 15 is 0 Å². The number of benzene rings is 5. The second-order valence-corrected chi connectivity index (χ2v) is 17.1. The smallest absolute Gasteiger partial charge is 0.336 e. The van der Waals surface area contributed by atoms with E-state index in [1.54, 1.807) is 19.2 Å². The average Bonchev–Trinajstić information content (AvgIpc) is 3.71. The molecular formula is C44H42N2O10S2. The van der Waals surface area contributed by atoms with Crippen molar-refractivity contribution in [2.75, 3.05) is 20.7 Å². The fourth-order valence-corrected chi connectivity index (χ4v) is 8.84. The molecule has 1 aliphatic heterocycles. The third kappa shape index (κ3) is 8.28. The zero-order chi connectivity index (χ0) is 41.4. The first kappa shape index (κ1) is 40.4. The molecule has 300 valence electrons. The number of nitrogens with zero attached hydrogens (tertiary/aromatic N) is 2. The van der Waals surface area contributed by atoms with Crippen LogP contribution in [0.4, 0.5) is 0 Å². The summed E-state index contributed by atoms with van der Waals surface area (Å²) in [6, 6.07) is 33.9. The number of hydrogen-bond acceptors (Lipinski definition) is 9. The standard InChI is InChI=1S/C19H20N2.C15H14O4.C10H8O6S2/c1-20-12-11-19-17(14-20)16-9-5-6-10-18(16)21(19)13-15-7-3-2-4-8-15;1-8(2)14-15(17-3)10-6-9-4-5-13(16)18-11(9)7-12(10)19-14;11-17(12,13)9-5-1-3-7-8(9)4-2-6-10(7)18(14,15)16/h2-10H,11-14H2,1H3;4-8H,1-3H3;1-6H,(H,11,12,13)(H,14,15,16). The predicted molar refractivity (Wildman–Crippen MR) is 224 cm³/mol. The molecule has 58 heavy (non-hydrogen) atoms. The number of para-hydroxylation sites is 1. The Morgan fingerprint density at radius 1 is 0.724 bits per heavy atom. The van der Waals surface area contributed by atoms with Crippen LogP contribution in [0.1, 0.15) is 42.3 Å². The second-order valence-electron chi connectivity index (χ2n) is 14.4. The molecule has 0 aliphatic carbocycles. The number of hydrogen-bond donors (Lipinski definition) is 2. The minimum absolute atomic E-state index is 0.0233. The highest BCUT2D eigenvalue weighted by Gasteiger charge is 2.23. The SMILES string of the molecule is CN1CCc2c(c3ccccc3n2Cc2ccccc2)C1.COc1c(C(C)C)oc2cc3oc(=O)ccc3cc12.O=S(=O)(O)c1cccc2c(S(=O)(=O)O)cccc12. The van der Waals surface area contributed by atoms with Crippen LogP contribution in [0, 0.1) is 0 Å². The Kier molecular flexibility index (Phi) is 11.3. The van der Waals surface area contributed by atoms with Gasteiger partial charge in [-0.1, -0.05) is 86.6 Å². The van der Waals surface area contributed by atoms with Crippen molar-refractivity contribution in [1.82, 2.24) is 9.47 Å². The molecule has 12 nitrogen and oxygen atoms in total. The van der Waals surface area contributed by atoms with Gasteiger partial charge >= 0.3 is 5.63 Å². The molecular weight excluding hydrogens is 781 g/mol. The maximum absolute atomic E-state index is 11.2. The summed E-state index contributed by atoms with van der Waals surface area (Å²) in [5.41, 5.74) is 6.62. The van der Waals surface area contributed by atoms with E-state index in [9.17, 15) is 21.6 Å². The van der Waals surface area contributed by atoms with Gasteiger partial charge in [0.15, 0.2) is 5.75 Å². The van der Waals surface area contributed by atoms with E-state index < -0.39 is 30.0 Å². The molecule has 0 spiro atoms. The number of likely N-dealkylation sites (N-methyl/N-ethyl adjacent to an activating group) is 1. The fourth-order valence-electron chi connectivity index (χ4n) is 7.43. The van der Waals surface area contributed by atoms with Crippen molar-refractivity contribution >= 4 is 63.9 Å². The topological polar surface area (TPSA) is 169 Å². The van der Waals surface area contributed by atoms with Crippen LogP contribution in [-0.2, 0) is 39.7 Å². The zero-order valence-electron chi connectivity index (χ0n) is 32.2. The molecule has 9 rings (SSSR count). The lowest BCUT2D eigenvalue weighted by Gasteiger charge is -2.24. The molecule has 14 heteroatoms. The van der Waals surface area contributed by atoms with E-state index in [1.807, 2.05) is 19.9 Å². The third-order valence-electron chi connectivity index (χ3n) is 10.1. The van der Waals surface area contributed by atoms with Crippen molar-refractivity contribution in [3.05, 3.63) is 148 Å². The molecule has 0 amide bonds. The first-order chi connectivity index (χ1) is 27.6. The summed E-state index contributed by atoms with van der Waals surface area (Å²) in [7, 11) is -5.09. The number of furan rings is 1. The Balaban J connectivity index is 0.000000133. The van der Waals surface area contributed by atoms with Crippen LogP contribution in [0.15, 0.2) is 139 Å². The number of ether oxygens (including phenoxy) is 1. The van der Waals surface area contributed by atoms with E-state index in [2.05, 4.69) is 71.1 Å². The van der Waals surface area contributed by atoms with Gasteiger partial charge in [0.1, 0.15) is 26.7 Å². The molecule has 4 heterocycles. The van der Waals surface area contributed by atoms with Gasteiger partial charge in [-0.25, -0.2) is 4.79 Å². The van der Waals surface area contributed by atoms with Gasteiger partial charge in [0.2, 0.25) is 0 Å². The molecule has 0 saturated carbocycles. The number of rotatable bonds is 6. The van der Waals surface area contributed by atoms with Crippen LogP contribution in [0.3, 0.4) is 0 Å². The summed E-state index contributed by atoms with van der Waals surface area (Å²) in [5.74, 6) is 1.77. The van der Waals surface area contributed by atoms with Crippen LogP contribution < -0.4 is 10.4 Å². The minimum Gasteiger partial charge on any atom is -0.492 e. The lowest BCUT2D eigenvalue weighted by Crippen LogP contribution is -2.27. The highest BCUT2D eigenvalue weighted by Crippen LogP contribution is 2.39. The monoisotopic (exact) mass is 822 g/mol. The molecule has 3 aromatic heterocycles. The Morgan fingerprint density at radius 3 is 1.97 bits per heavy atom. The van der Waals surface area contributed by atoms with Crippen LogP contribution >= 0.6 is 0 Å². The van der Waals surface area contributed by atoms with Crippen molar-refractivity contribution in [3.63, 3.8) is 0 Å². The number of fused-ring (bicyclic) bond motifs is 6. The summed E-state index contributed by atoms with van der Waals surface area (Å²) in [6.07, 6.45) is 1.15. The van der Waals surface area contributed by atoms with Gasteiger partial charge in [-0.3, -0.25) is 9.11 Å². The Labute approximate surface area is 335 Å². The lowest BCUT2D eigenvalue weighted by molar-refractivity contribution is 0.310. The van der Waals surface area contributed by atoms with Gasteiger partial charge in [0, 0.05) is 76.9 Å². The molecule has 1 aliphatic rings. The van der Waals surface area contributed by atoms with Gasteiger partial charge < -0.3 is 23.0 Å². The van der Waals surface area contributed by atoms with Crippen LogP contribution in [0.25, 0.3) is 43.6 Å². The summed E-state index contributed by atoms with van der Waals surface area (Å²) >= 11 is 0. The molecule has 5 aromatic carbocycles. The van der Waals surface area contributed by atoms with Gasteiger partial charge in [-0.2, -0.15) is 16.8 Å². The first-order valence-corrected chi connectivity index (χ1v) is 21.3. The largest absolute Gasteiger partial charge is 0.492 e. The minimum atomic E-state index is -4.47. The van der Waals surface area contributed by atoms with E-state index in [0.717, 1.165) is 60.5 Å². The summed E-state index contributed by atoms with van der Waals surface area (Å²) in [6.45, 7) is 7.27. The molecule has 0 saturated heterocycles. The normalized spacial score (nSPS) is 13.3. The van der Waals surface area contributed by atoms with Crippen molar-refractivity contribution in [1.29, 1.82) is 0 Å². The van der Waals surface area contributed by atoms with Crippen LogP contribution in [0.5, 0.6) is 5.75 Å². The fraction of sp³-hybridized carbons (Fsp3) is 0.205. The molecule has 0 bridgehead atoms. The van der Waals surface area contributed by atoms with Crippen LogP contribution in [0.2, 0.25) is 0 Å². The molecule has 0 radical (unpaired) electrons. The molecule has 2 N–H and O–H groups in total. The maximum Gasteiger partial charge on any atom is 0.336 e. The Hall–Kier alpha value is -5.77. The van der Waals surface area contributed by atoms with Crippen molar-refractivity contribution in [2.24, 2.45) is 0 Å². The second kappa shape index (κ2) is 16.2. The van der Waals surface area contributed by atoms with Gasteiger partial charge in [0.05, 0.1) is 12.5 Å². The van der Waals surface area contributed by atoms with Crippen molar-refractivity contribution < 1.29 is 39.5 Å². The van der Waals surface area contributed by atoms with E-state index in [0.29, 0.717) is 11.2 Å². The predicted octanol–water partition coefficient (Wildman–Crippen LogP) is 8.68. The highest BCUT2D eigenvalue weighted by molar-refractivity contribution is 7.86. The molecule has 0 unspecified atom stereocenters. The zero-order valence-corrected chi connectivity index (χ0v) is 33.9. The quantitative estimate of drug-likeness (QED) is 0.122. The first-order valence-electron chi connectivity index (χ1n) is 18.5. The van der Waals surface area contributed by atoms with E-state index in [-0.39, 0.29) is 22.3 Å². The molecule has 8 aromatic rings. The summed E-state index contributed by atoms with van der Waals surface area (Å²) < 4.78 is 81.6. The molecule has 0 fully saturated rings. The third-order valence-corrected chi connectivity index (χ3v) is 11.9. The summed E-state index contributed by atoms with van der Waals surface area (Å²) in [4.78, 5) is 12.8. The molecule has 0 atom stereocenters. The van der Waals surface area contributed by atoms with Crippen molar-refractivity contribution in [2.45, 2.75) is 49.1 Å². The van der Waals surface area contributed by atoms with Gasteiger partial charge in [-0.05, 0) is 48.5 Å². The number of aromatic nitrogens is 1. The summed E-state index contributed by atoms with van der Waals surface area (Å²) in [5, 5.41) is 3.22. The van der Waals surface area contributed by atoms with Crippen molar-refractivity contribution in [3.8, 4) is 5.75 Å². The Bertz CT molecular complexity index is 3010. The van der Waals surface area contributed by atoms with E-state index in [4.69, 9.17) is 22.7 Å².